The van der Waals surface area contributed by atoms with E-state index in [0.717, 1.165) is 12.8 Å². The van der Waals surface area contributed by atoms with Gasteiger partial charge in [-0.25, -0.2) is 13.4 Å². The van der Waals surface area contributed by atoms with Gasteiger partial charge in [0.2, 0.25) is 10.0 Å². The molecule has 1 saturated carbocycles. The fourth-order valence-corrected chi connectivity index (χ4v) is 3.44. The normalized spacial score (nSPS) is 16.2. The van der Waals surface area contributed by atoms with Gasteiger partial charge < -0.3 is 5.32 Å². The highest BCUT2D eigenvalue weighted by atomic mass is 32.2. The van der Waals surface area contributed by atoms with E-state index in [-0.39, 0.29) is 10.9 Å². The van der Waals surface area contributed by atoms with Gasteiger partial charge in [0.15, 0.2) is 0 Å². The SMILES string of the molecule is CCN(C1CC1)S(=O)(=O)c1ccc(NC)nc1. The Morgan fingerprint density at radius 1 is 1.47 bits per heavy atom. The first-order valence-electron chi connectivity index (χ1n) is 5.75. The predicted octanol–water partition coefficient (Wildman–Crippen LogP) is 1.30. The van der Waals surface area contributed by atoms with Crippen molar-refractivity contribution in [3.05, 3.63) is 18.3 Å². The summed E-state index contributed by atoms with van der Waals surface area (Å²) in [6.07, 6.45) is 3.34. The van der Waals surface area contributed by atoms with E-state index in [0.29, 0.717) is 12.4 Å². The molecule has 0 saturated heterocycles. The summed E-state index contributed by atoms with van der Waals surface area (Å²) in [5, 5.41) is 2.86. The molecule has 1 aliphatic carbocycles. The van der Waals surface area contributed by atoms with Gasteiger partial charge in [-0.05, 0) is 25.0 Å². The van der Waals surface area contributed by atoms with Crippen molar-refractivity contribution in [2.24, 2.45) is 0 Å². The Morgan fingerprint density at radius 3 is 2.59 bits per heavy atom. The maximum atomic E-state index is 12.3. The second-order valence-electron chi connectivity index (χ2n) is 4.07. The quantitative estimate of drug-likeness (QED) is 0.861. The zero-order chi connectivity index (χ0) is 12.5. The number of aromatic nitrogens is 1. The largest absolute Gasteiger partial charge is 0.373 e. The van der Waals surface area contributed by atoms with Crippen LogP contribution in [-0.4, -0.2) is 37.3 Å². The molecule has 1 fully saturated rings. The molecule has 6 heteroatoms. The standard InChI is InChI=1S/C11H17N3O2S/c1-3-14(9-4-5-9)17(15,16)10-6-7-11(12-2)13-8-10/h6-9H,3-5H2,1-2H3,(H,12,13). The lowest BCUT2D eigenvalue weighted by Gasteiger charge is -2.19. The lowest BCUT2D eigenvalue weighted by Crippen LogP contribution is -2.32. The third kappa shape index (κ3) is 2.42. The summed E-state index contributed by atoms with van der Waals surface area (Å²) in [6, 6.07) is 3.46. The van der Waals surface area contributed by atoms with Crippen molar-refractivity contribution in [2.45, 2.75) is 30.7 Å². The number of nitrogens with one attached hydrogen (secondary N) is 1. The number of nitrogens with zero attached hydrogens (tertiary/aromatic N) is 2. The number of hydrogen-bond acceptors (Lipinski definition) is 4. The molecule has 1 aromatic rings. The maximum absolute atomic E-state index is 12.3. The number of rotatable bonds is 5. The van der Waals surface area contributed by atoms with E-state index in [1.807, 2.05) is 6.92 Å². The van der Waals surface area contributed by atoms with E-state index in [2.05, 4.69) is 10.3 Å². The third-order valence-electron chi connectivity index (χ3n) is 2.86. The summed E-state index contributed by atoms with van der Waals surface area (Å²) in [5.41, 5.74) is 0. The molecule has 17 heavy (non-hydrogen) atoms. The number of sulfonamides is 1. The summed E-state index contributed by atoms with van der Waals surface area (Å²) in [4.78, 5) is 4.31. The molecule has 0 aromatic carbocycles. The molecule has 1 aliphatic rings. The Balaban J connectivity index is 2.29. The van der Waals surface area contributed by atoms with Crippen molar-refractivity contribution < 1.29 is 8.42 Å². The zero-order valence-corrected chi connectivity index (χ0v) is 10.9. The van der Waals surface area contributed by atoms with Crippen molar-refractivity contribution in [1.29, 1.82) is 0 Å². The van der Waals surface area contributed by atoms with Crippen LogP contribution in [0.2, 0.25) is 0 Å². The van der Waals surface area contributed by atoms with Crippen LogP contribution in [0.15, 0.2) is 23.2 Å². The first kappa shape index (κ1) is 12.3. The fraction of sp³-hybridized carbons (Fsp3) is 0.545. The van der Waals surface area contributed by atoms with Gasteiger partial charge in [-0.1, -0.05) is 6.92 Å². The fourth-order valence-electron chi connectivity index (χ4n) is 1.80. The Hall–Kier alpha value is -1.14. The molecule has 0 radical (unpaired) electrons. The van der Waals surface area contributed by atoms with E-state index < -0.39 is 10.0 Å². The van der Waals surface area contributed by atoms with E-state index in [1.165, 1.54) is 6.20 Å². The molecule has 0 atom stereocenters. The smallest absolute Gasteiger partial charge is 0.244 e. The number of pyridine rings is 1. The monoisotopic (exact) mass is 255 g/mol. The molecule has 2 rings (SSSR count). The van der Waals surface area contributed by atoms with Crippen molar-refractivity contribution in [2.75, 3.05) is 18.9 Å². The summed E-state index contributed by atoms with van der Waals surface area (Å²) in [7, 11) is -1.62. The molecule has 0 bridgehead atoms. The average Bonchev–Trinajstić information content (AvgIpc) is 3.14. The van der Waals surface area contributed by atoms with Crippen LogP contribution in [0.25, 0.3) is 0 Å². The molecule has 94 valence electrons. The Morgan fingerprint density at radius 2 is 2.18 bits per heavy atom. The molecule has 0 unspecified atom stereocenters. The summed E-state index contributed by atoms with van der Waals surface area (Å²) in [5.74, 6) is 0.665. The van der Waals surface area contributed by atoms with Crippen LogP contribution in [-0.2, 0) is 10.0 Å². The van der Waals surface area contributed by atoms with Gasteiger partial charge in [-0.15, -0.1) is 0 Å². The minimum absolute atomic E-state index is 0.189. The lowest BCUT2D eigenvalue weighted by atomic mass is 10.5. The van der Waals surface area contributed by atoms with E-state index in [4.69, 9.17) is 0 Å². The Kier molecular flexibility index (Phi) is 3.35. The first-order chi connectivity index (χ1) is 8.09. The van der Waals surface area contributed by atoms with Crippen molar-refractivity contribution in [3.8, 4) is 0 Å². The van der Waals surface area contributed by atoms with Crippen LogP contribution < -0.4 is 5.32 Å². The number of hydrogen-bond donors (Lipinski definition) is 1. The first-order valence-corrected chi connectivity index (χ1v) is 7.19. The van der Waals surface area contributed by atoms with Gasteiger partial charge in [0.05, 0.1) is 0 Å². The van der Waals surface area contributed by atoms with Gasteiger partial charge in [-0.2, -0.15) is 4.31 Å². The third-order valence-corrected chi connectivity index (χ3v) is 4.88. The van der Waals surface area contributed by atoms with Gasteiger partial charge in [0.1, 0.15) is 10.7 Å². The van der Waals surface area contributed by atoms with Crippen LogP contribution >= 0.6 is 0 Å². The minimum atomic E-state index is -3.37. The van der Waals surface area contributed by atoms with Crippen LogP contribution in [0.3, 0.4) is 0 Å². The molecule has 1 heterocycles. The number of anilines is 1. The molecule has 1 aromatic heterocycles. The summed E-state index contributed by atoms with van der Waals surface area (Å²) < 4.78 is 26.2. The molecular weight excluding hydrogens is 238 g/mol. The Bertz CT molecular complexity index is 480. The topological polar surface area (TPSA) is 62.3 Å². The van der Waals surface area contributed by atoms with Crippen molar-refractivity contribution in [1.82, 2.24) is 9.29 Å². The van der Waals surface area contributed by atoms with Gasteiger partial charge in [0.25, 0.3) is 0 Å². The second kappa shape index (κ2) is 4.62. The maximum Gasteiger partial charge on any atom is 0.244 e. The zero-order valence-electron chi connectivity index (χ0n) is 10.0. The van der Waals surface area contributed by atoms with Gasteiger partial charge >= 0.3 is 0 Å². The van der Waals surface area contributed by atoms with Gasteiger partial charge in [0, 0.05) is 25.8 Å². The summed E-state index contributed by atoms with van der Waals surface area (Å²) >= 11 is 0. The van der Waals surface area contributed by atoms with Crippen molar-refractivity contribution in [3.63, 3.8) is 0 Å². The molecule has 5 nitrogen and oxygen atoms in total. The highest BCUT2D eigenvalue weighted by Crippen LogP contribution is 2.31. The molecule has 0 amide bonds. The molecular formula is C11H17N3O2S. The average molecular weight is 255 g/mol. The lowest BCUT2D eigenvalue weighted by molar-refractivity contribution is 0.421. The molecule has 0 spiro atoms. The molecule has 1 N–H and O–H groups in total. The van der Waals surface area contributed by atoms with E-state index in [1.54, 1.807) is 23.5 Å². The van der Waals surface area contributed by atoms with Crippen LogP contribution in [0, 0.1) is 0 Å². The highest BCUT2D eigenvalue weighted by Gasteiger charge is 2.36. The molecule has 0 aliphatic heterocycles. The predicted molar refractivity (Wildman–Crippen MR) is 66.4 cm³/mol. The summed E-state index contributed by atoms with van der Waals surface area (Å²) in [6.45, 7) is 2.38. The van der Waals surface area contributed by atoms with E-state index in [9.17, 15) is 8.42 Å². The second-order valence-corrected chi connectivity index (χ2v) is 5.96. The van der Waals surface area contributed by atoms with Gasteiger partial charge in [-0.3, -0.25) is 0 Å². The van der Waals surface area contributed by atoms with Crippen LogP contribution in [0.1, 0.15) is 19.8 Å². The highest BCUT2D eigenvalue weighted by molar-refractivity contribution is 7.89. The van der Waals surface area contributed by atoms with E-state index >= 15 is 0 Å². The van der Waals surface area contributed by atoms with Crippen LogP contribution in [0.4, 0.5) is 5.82 Å². The minimum Gasteiger partial charge on any atom is -0.373 e. The van der Waals surface area contributed by atoms with Crippen molar-refractivity contribution >= 4 is 15.8 Å². The van der Waals surface area contributed by atoms with Crippen LogP contribution in [0.5, 0.6) is 0 Å². The Labute approximate surface area is 102 Å².